The smallest absolute Gasteiger partial charge is 0.198 e. The summed E-state index contributed by atoms with van der Waals surface area (Å²) in [4.78, 5) is 22.9. The summed E-state index contributed by atoms with van der Waals surface area (Å²) < 4.78 is 5.21. The van der Waals surface area contributed by atoms with Crippen molar-refractivity contribution in [2.45, 2.75) is 26.2 Å². The van der Waals surface area contributed by atoms with E-state index in [0.717, 1.165) is 6.42 Å². The van der Waals surface area contributed by atoms with E-state index in [0.29, 0.717) is 24.2 Å². The van der Waals surface area contributed by atoms with Gasteiger partial charge in [0.1, 0.15) is 11.3 Å². The van der Waals surface area contributed by atoms with E-state index in [4.69, 9.17) is 4.42 Å². The summed E-state index contributed by atoms with van der Waals surface area (Å²) in [5, 5.41) is 0. The van der Waals surface area contributed by atoms with Crippen LogP contribution in [0.5, 0.6) is 0 Å². The fourth-order valence-corrected chi connectivity index (χ4v) is 1.60. The third kappa shape index (κ3) is 1.20. The number of carbonyl (C=O) groups is 1. The predicted octanol–water partition coefficient (Wildman–Crippen LogP) is 1.47. The first kappa shape index (κ1) is 8.23. The van der Waals surface area contributed by atoms with Crippen LogP contribution in [0.4, 0.5) is 0 Å². The van der Waals surface area contributed by atoms with Crippen LogP contribution >= 0.6 is 0 Å². The second kappa shape index (κ2) is 2.83. The molecule has 2 rings (SSSR count). The standard InChI is InChI=1S/C10H10O3/c1-6-5-13-8-4-2-3-7(11)9(8)10(6)12/h5H,2-4H2,1H3. The molecular formula is C10H10O3. The predicted molar refractivity (Wildman–Crippen MR) is 47.0 cm³/mol. The molecule has 3 nitrogen and oxygen atoms in total. The van der Waals surface area contributed by atoms with Crippen molar-refractivity contribution in [3.63, 3.8) is 0 Å². The van der Waals surface area contributed by atoms with Crippen molar-refractivity contribution < 1.29 is 9.21 Å². The van der Waals surface area contributed by atoms with Crippen LogP contribution in [0.25, 0.3) is 0 Å². The number of hydrogen-bond donors (Lipinski definition) is 0. The highest BCUT2D eigenvalue weighted by Gasteiger charge is 2.22. The van der Waals surface area contributed by atoms with Gasteiger partial charge in [-0.05, 0) is 13.3 Å². The average Bonchev–Trinajstić information content (AvgIpc) is 2.12. The van der Waals surface area contributed by atoms with Gasteiger partial charge >= 0.3 is 0 Å². The summed E-state index contributed by atoms with van der Waals surface area (Å²) in [6, 6.07) is 0. The second-order valence-electron chi connectivity index (χ2n) is 3.32. The molecule has 0 bridgehead atoms. The first-order chi connectivity index (χ1) is 6.20. The van der Waals surface area contributed by atoms with Crippen molar-refractivity contribution >= 4 is 5.78 Å². The van der Waals surface area contributed by atoms with Crippen LogP contribution < -0.4 is 5.43 Å². The minimum atomic E-state index is -0.161. The molecule has 0 atom stereocenters. The first-order valence-corrected chi connectivity index (χ1v) is 4.34. The van der Waals surface area contributed by atoms with Crippen LogP contribution in [0, 0.1) is 6.92 Å². The van der Waals surface area contributed by atoms with E-state index in [1.165, 1.54) is 6.26 Å². The number of aryl methyl sites for hydroxylation is 2. The fraction of sp³-hybridized carbons (Fsp3) is 0.400. The molecule has 0 saturated carbocycles. The molecule has 1 aliphatic rings. The topological polar surface area (TPSA) is 47.3 Å². The summed E-state index contributed by atoms with van der Waals surface area (Å²) in [6.07, 6.45) is 3.40. The van der Waals surface area contributed by atoms with Crippen molar-refractivity contribution in [3.8, 4) is 0 Å². The molecule has 0 aliphatic heterocycles. The molecule has 0 fully saturated rings. The molecule has 0 N–H and O–H groups in total. The summed E-state index contributed by atoms with van der Waals surface area (Å²) >= 11 is 0. The molecule has 1 heterocycles. The van der Waals surface area contributed by atoms with Crippen LogP contribution in [0.3, 0.4) is 0 Å². The number of rotatable bonds is 0. The van der Waals surface area contributed by atoms with Gasteiger partial charge in [-0.3, -0.25) is 9.59 Å². The Hall–Kier alpha value is -1.38. The lowest BCUT2D eigenvalue weighted by atomic mass is 9.95. The maximum absolute atomic E-state index is 11.5. The molecule has 13 heavy (non-hydrogen) atoms. The van der Waals surface area contributed by atoms with Gasteiger partial charge in [-0.25, -0.2) is 0 Å². The Morgan fingerprint density at radius 2 is 2.08 bits per heavy atom. The Morgan fingerprint density at radius 3 is 2.85 bits per heavy atom. The lowest BCUT2D eigenvalue weighted by Gasteiger charge is -2.11. The Bertz CT molecular complexity index is 415. The van der Waals surface area contributed by atoms with Gasteiger partial charge in [-0.15, -0.1) is 0 Å². The van der Waals surface area contributed by atoms with Crippen molar-refractivity contribution in [2.75, 3.05) is 0 Å². The minimum absolute atomic E-state index is 0.0706. The Balaban J connectivity index is 2.72. The minimum Gasteiger partial charge on any atom is -0.468 e. The molecule has 3 heteroatoms. The third-order valence-corrected chi connectivity index (χ3v) is 2.33. The maximum Gasteiger partial charge on any atom is 0.198 e. The molecule has 0 unspecified atom stereocenters. The summed E-state index contributed by atoms with van der Waals surface area (Å²) in [7, 11) is 0. The van der Waals surface area contributed by atoms with Gasteiger partial charge in [0.05, 0.1) is 6.26 Å². The molecule has 0 amide bonds. The van der Waals surface area contributed by atoms with Crippen molar-refractivity contribution in [1.29, 1.82) is 0 Å². The first-order valence-electron chi connectivity index (χ1n) is 4.34. The van der Waals surface area contributed by atoms with E-state index in [1.807, 2.05) is 0 Å². The number of Topliss-reactive ketones (excluding diaryl/α,β-unsaturated/α-hetero) is 1. The van der Waals surface area contributed by atoms with Crippen LogP contribution in [0.2, 0.25) is 0 Å². The largest absolute Gasteiger partial charge is 0.468 e. The second-order valence-corrected chi connectivity index (χ2v) is 3.32. The van der Waals surface area contributed by atoms with Gasteiger partial charge in [-0.1, -0.05) is 0 Å². The molecular weight excluding hydrogens is 168 g/mol. The van der Waals surface area contributed by atoms with Crippen molar-refractivity contribution in [3.05, 3.63) is 33.4 Å². The molecule has 0 aromatic carbocycles. The fourth-order valence-electron chi connectivity index (χ4n) is 1.60. The summed E-state index contributed by atoms with van der Waals surface area (Å²) in [6.45, 7) is 1.66. The van der Waals surface area contributed by atoms with E-state index in [9.17, 15) is 9.59 Å². The average molecular weight is 178 g/mol. The highest BCUT2D eigenvalue weighted by Crippen LogP contribution is 2.18. The van der Waals surface area contributed by atoms with Gasteiger partial charge in [0.2, 0.25) is 0 Å². The molecule has 1 aromatic rings. The van der Waals surface area contributed by atoms with Crippen LogP contribution in [0.15, 0.2) is 15.5 Å². The molecule has 0 saturated heterocycles. The summed E-state index contributed by atoms with van der Waals surface area (Å²) in [5.41, 5.74) is 0.631. The van der Waals surface area contributed by atoms with Crippen molar-refractivity contribution in [1.82, 2.24) is 0 Å². The van der Waals surface area contributed by atoms with Gasteiger partial charge in [0.15, 0.2) is 11.2 Å². The zero-order valence-corrected chi connectivity index (χ0v) is 7.42. The van der Waals surface area contributed by atoms with E-state index in [1.54, 1.807) is 6.92 Å². The SMILES string of the molecule is Cc1coc2c(c1=O)C(=O)CCC2. The molecule has 1 aliphatic carbocycles. The van der Waals surface area contributed by atoms with Gasteiger partial charge < -0.3 is 4.42 Å². The zero-order valence-electron chi connectivity index (χ0n) is 7.42. The van der Waals surface area contributed by atoms with Crippen LogP contribution in [-0.2, 0) is 6.42 Å². The highest BCUT2D eigenvalue weighted by molar-refractivity contribution is 5.97. The normalized spacial score (nSPS) is 15.6. The molecule has 1 aromatic heterocycles. The Morgan fingerprint density at radius 1 is 1.31 bits per heavy atom. The van der Waals surface area contributed by atoms with Gasteiger partial charge in [-0.2, -0.15) is 0 Å². The maximum atomic E-state index is 11.5. The van der Waals surface area contributed by atoms with Crippen LogP contribution in [-0.4, -0.2) is 5.78 Å². The highest BCUT2D eigenvalue weighted by atomic mass is 16.3. The Labute approximate surface area is 75.4 Å². The summed E-state index contributed by atoms with van der Waals surface area (Å²) in [5.74, 6) is 0.491. The number of fused-ring (bicyclic) bond motifs is 1. The van der Waals surface area contributed by atoms with E-state index < -0.39 is 0 Å². The van der Waals surface area contributed by atoms with E-state index in [2.05, 4.69) is 0 Å². The Kier molecular flexibility index (Phi) is 1.79. The van der Waals surface area contributed by atoms with Crippen molar-refractivity contribution in [2.24, 2.45) is 0 Å². The van der Waals surface area contributed by atoms with E-state index in [-0.39, 0.29) is 16.8 Å². The number of carbonyl (C=O) groups excluding carboxylic acids is 1. The van der Waals surface area contributed by atoms with E-state index >= 15 is 0 Å². The number of hydrogen-bond acceptors (Lipinski definition) is 3. The molecule has 68 valence electrons. The zero-order chi connectivity index (χ0) is 9.42. The lowest BCUT2D eigenvalue weighted by Crippen LogP contribution is -2.23. The van der Waals surface area contributed by atoms with Crippen LogP contribution in [0.1, 0.15) is 34.5 Å². The van der Waals surface area contributed by atoms with Gasteiger partial charge in [0, 0.05) is 18.4 Å². The molecule has 0 radical (unpaired) electrons. The number of ketones is 1. The third-order valence-electron chi connectivity index (χ3n) is 2.33. The monoisotopic (exact) mass is 178 g/mol. The molecule has 0 spiro atoms. The van der Waals surface area contributed by atoms with Gasteiger partial charge in [0.25, 0.3) is 0 Å². The lowest BCUT2D eigenvalue weighted by molar-refractivity contribution is 0.0965. The quantitative estimate of drug-likeness (QED) is 0.604.